The Balaban J connectivity index is 0.000000256. The zero-order valence-corrected chi connectivity index (χ0v) is 26.8. The first-order valence-corrected chi connectivity index (χ1v) is 14.1. The van der Waals surface area contributed by atoms with E-state index in [1.165, 1.54) is 30.9 Å². The molecule has 0 atom stereocenters. The molecule has 2 aromatic carbocycles. The van der Waals surface area contributed by atoms with Crippen molar-refractivity contribution in [2.24, 2.45) is 0 Å². The summed E-state index contributed by atoms with van der Waals surface area (Å²) in [6, 6.07) is 2.35. The average molecular weight is 888 g/mol. The Kier molecular flexibility index (Phi) is 11.0. The predicted octanol–water partition coefficient (Wildman–Crippen LogP) is 11.5. The molecule has 0 aliphatic carbocycles. The molecule has 0 radical (unpaired) electrons. The molecule has 258 valence electrons. The molecule has 0 spiro atoms. The van der Waals surface area contributed by atoms with Gasteiger partial charge in [0.15, 0.2) is 0 Å². The number of aromatic nitrogens is 4. The SMILES string of the molecule is FC(F)(F)C(F)(c1cc(Cl)c(-n2cc(I)cn2)c(Cl)c1)C(F)(F)F.FC(F)(F)C(F)(c1cc(Cl)c(-n2cccn2)c(Cl)c1)C(F)(F)F. The van der Waals surface area contributed by atoms with Crippen molar-refractivity contribution in [3.8, 4) is 11.4 Å². The van der Waals surface area contributed by atoms with E-state index >= 15 is 0 Å². The fraction of sp³-hybridized carbons (Fsp3) is 0.250. The van der Waals surface area contributed by atoms with Gasteiger partial charge < -0.3 is 0 Å². The van der Waals surface area contributed by atoms with E-state index in [0.717, 1.165) is 9.36 Å². The normalized spacial score (nSPS) is 13.4. The fourth-order valence-electron chi connectivity index (χ4n) is 3.77. The number of rotatable bonds is 4. The van der Waals surface area contributed by atoms with Gasteiger partial charge in [-0.15, -0.1) is 0 Å². The first-order chi connectivity index (χ1) is 21.2. The molecule has 4 rings (SSSR count). The molecule has 2 aromatic heterocycles. The Bertz CT molecular complexity index is 1660. The third-order valence-corrected chi connectivity index (χ3v) is 7.62. The summed E-state index contributed by atoms with van der Waals surface area (Å²) >= 11 is 24.7. The van der Waals surface area contributed by atoms with Crippen LogP contribution in [0.4, 0.5) is 61.5 Å². The van der Waals surface area contributed by atoms with Crippen molar-refractivity contribution in [2.45, 2.75) is 36.0 Å². The van der Waals surface area contributed by atoms with Crippen LogP contribution in [0.25, 0.3) is 11.4 Å². The van der Waals surface area contributed by atoms with E-state index in [4.69, 9.17) is 46.4 Å². The van der Waals surface area contributed by atoms with Crippen LogP contribution in [0.15, 0.2) is 55.1 Å². The minimum atomic E-state index is -6.25. The summed E-state index contributed by atoms with van der Waals surface area (Å²) in [7, 11) is 0. The summed E-state index contributed by atoms with van der Waals surface area (Å²) in [6.45, 7) is 0. The lowest BCUT2D eigenvalue weighted by Crippen LogP contribution is -2.50. The lowest BCUT2D eigenvalue weighted by molar-refractivity contribution is -0.349. The highest BCUT2D eigenvalue weighted by atomic mass is 127. The van der Waals surface area contributed by atoms with Gasteiger partial charge in [-0.3, -0.25) is 0 Å². The number of nitrogens with zero attached hydrogens (tertiary/aromatic N) is 4. The summed E-state index contributed by atoms with van der Waals surface area (Å²) < 4.78 is 184. The van der Waals surface area contributed by atoms with Crippen molar-refractivity contribution in [1.29, 1.82) is 0 Å². The average Bonchev–Trinajstić information content (AvgIpc) is 3.57. The lowest BCUT2D eigenvalue weighted by Gasteiger charge is -2.30. The van der Waals surface area contributed by atoms with Gasteiger partial charge in [-0.1, -0.05) is 46.4 Å². The van der Waals surface area contributed by atoms with Gasteiger partial charge >= 0.3 is 36.0 Å². The van der Waals surface area contributed by atoms with E-state index in [1.807, 2.05) is 22.6 Å². The second-order valence-electron chi connectivity index (χ2n) is 8.94. The number of alkyl halides is 14. The van der Waals surface area contributed by atoms with Crippen LogP contribution in [-0.4, -0.2) is 44.3 Å². The van der Waals surface area contributed by atoms with Gasteiger partial charge in [0.25, 0.3) is 0 Å². The Morgan fingerprint density at radius 1 is 0.532 bits per heavy atom. The van der Waals surface area contributed by atoms with E-state index in [-0.39, 0.29) is 35.6 Å². The van der Waals surface area contributed by atoms with E-state index in [0.29, 0.717) is 3.57 Å². The summed E-state index contributed by atoms with van der Waals surface area (Å²) in [6.07, 6.45) is -19.7. The second-order valence-corrected chi connectivity index (χ2v) is 11.8. The van der Waals surface area contributed by atoms with E-state index in [2.05, 4.69) is 10.2 Å². The third kappa shape index (κ3) is 7.37. The van der Waals surface area contributed by atoms with E-state index in [1.54, 1.807) is 0 Å². The standard InChI is InChI=1S/C12H4Cl2F7IN2.C12H5Cl2F7N2/c13-7-1-5(10(15,11(16,17)18)12(19,20)21)2-8(14)9(7)24-4-6(22)3-23-24;13-7-4-6(10(15,11(16,17)18)12(19,20)21)5-8(14)9(7)23-3-1-2-22-23/h1-4H;1-5H. The van der Waals surface area contributed by atoms with Crippen LogP contribution in [0.3, 0.4) is 0 Å². The third-order valence-electron chi connectivity index (χ3n) is 5.91. The quantitative estimate of drug-likeness (QED) is 0.151. The van der Waals surface area contributed by atoms with Gasteiger partial charge in [-0.05, 0) is 52.9 Å². The molecule has 0 aliphatic rings. The van der Waals surface area contributed by atoms with Crippen molar-refractivity contribution in [3.05, 3.63) is 89.9 Å². The zero-order valence-electron chi connectivity index (χ0n) is 21.7. The van der Waals surface area contributed by atoms with Gasteiger partial charge in [0, 0.05) is 29.7 Å². The van der Waals surface area contributed by atoms with E-state index < -0.39 is 67.3 Å². The van der Waals surface area contributed by atoms with Gasteiger partial charge in [-0.2, -0.15) is 62.9 Å². The highest BCUT2D eigenvalue weighted by Gasteiger charge is 2.74. The zero-order chi connectivity index (χ0) is 36.1. The number of benzene rings is 2. The predicted molar refractivity (Wildman–Crippen MR) is 150 cm³/mol. The highest BCUT2D eigenvalue weighted by Crippen LogP contribution is 2.55. The monoisotopic (exact) mass is 886 g/mol. The second kappa shape index (κ2) is 13.2. The van der Waals surface area contributed by atoms with Crippen LogP contribution >= 0.6 is 69.0 Å². The lowest BCUT2D eigenvalue weighted by atomic mass is 9.94. The van der Waals surface area contributed by atoms with Crippen LogP contribution < -0.4 is 0 Å². The van der Waals surface area contributed by atoms with Crippen molar-refractivity contribution in [2.75, 3.05) is 0 Å². The minimum absolute atomic E-state index is 0.170. The maximum absolute atomic E-state index is 14.0. The van der Waals surface area contributed by atoms with Crippen LogP contribution in [0.2, 0.25) is 20.1 Å². The smallest absolute Gasteiger partial charge is 0.238 e. The fourth-order valence-corrected chi connectivity index (χ4v) is 5.48. The molecule has 23 heteroatoms. The molecular formula is C24H9Cl4F14IN4. The van der Waals surface area contributed by atoms with Gasteiger partial charge in [0.05, 0.1) is 29.9 Å². The maximum atomic E-state index is 14.0. The van der Waals surface area contributed by atoms with Crippen LogP contribution in [-0.2, 0) is 11.3 Å². The molecule has 2 heterocycles. The summed E-state index contributed by atoms with van der Waals surface area (Å²) in [5.74, 6) is 0. The molecule has 47 heavy (non-hydrogen) atoms. The Morgan fingerprint density at radius 2 is 0.872 bits per heavy atom. The summed E-state index contributed by atoms with van der Waals surface area (Å²) in [5, 5.41) is 5.03. The molecule has 4 aromatic rings. The van der Waals surface area contributed by atoms with Crippen LogP contribution in [0.5, 0.6) is 0 Å². The number of hydrogen-bond donors (Lipinski definition) is 0. The van der Waals surface area contributed by atoms with E-state index in [9.17, 15) is 61.5 Å². The number of halogens is 19. The molecule has 0 saturated carbocycles. The molecule has 0 N–H and O–H groups in total. The number of hydrogen-bond acceptors (Lipinski definition) is 2. The Morgan fingerprint density at radius 3 is 1.13 bits per heavy atom. The van der Waals surface area contributed by atoms with Crippen molar-refractivity contribution < 1.29 is 61.5 Å². The Hall–Kier alpha value is -2.23. The highest BCUT2D eigenvalue weighted by molar-refractivity contribution is 14.1. The van der Waals surface area contributed by atoms with Crippen molar-refractivity contribution in [1.82, 2.24) is 19.6 Å². The van der Waals surface area contributed by atoms with Gasteiger partial charge in [-0.25, -0.2) is 18.1 Å². The summed E-state index contributed by atoms with van der Waals surface area (Å²) in [5.41, 5.74) is -15.1. The Labute approximate surface area is 286 Å². The van der Waals surface area contributed by atoms with Crippen molar-refractivity contribution >= 4 is 69.0 Å². The van der Waals surface area contributed by atoms with Crippen LogP contribution in [0, 0.1) is 3.57 Å². The van der Waals surface area contributed by atoms with Gasteiger partial charge in [0.2, 0.25) is 0 Å². The topological polar surface area (TPSA) is 35.6 Å². The van der Waals surface area contributed by atoms with Crippen molar-refractivity contribution in [3.63, 3.8) is 0 Å². The molecule has 0 aliphatic heterocycles. The molecule has 0 unspecified atom stereocenters. The molecular weight excluding hydrogens is 879 g/mol. The molecule has 0 bridgehead atoms. The summed E-state index contributed by atoms with van der Waals surface area (Å²) in [4.78, 5) is 0. The molecule has 4 nitrogen and oxygen atoms in total. The largest absolute Gasteiger partial charge is 0.435 e. The first-order valence-electron chi connectivity index (χ1n) is 11.5. The van der Waals surface area contributed by atoms with Gasteiger partial charge in [0.1, 0.15) is 11.4 Å². The first kappa shape index (κ1) is 39.2. The molecule has 0 saturated heterocycles. The molecule has 0 amide bonds. The molecule has 0 fully saturated rings. The van der Waals surface area contributed by atoms with Crippen LogP contribution in [0.1, 0.15) is 11.1 Å². The minimum Gasteiger partial charge on any atom is -0.238 e. The maximum Gasteiger partial charge on any atom is 0.435 e.